The average Bonchev–Trinajstić information content (AvgIpc) is 2.95. The van der Waals surface area contributed by atoms with Crippen molar-refractivity contribution < 1.29 is 9.59 Å². The van der Waals surface area contributed by atoms with Gasteiger partial charge in [0.05, 0.1) is 0 Å². The van der Waals surface area contributed by atoms with Gasteiger partial charge in [-0.1, -0.05) is 24.3 Å². The molecule has 0 aromatic heterocycles. The van der Waals surface area contributed by atoms with Gasteiger partial charge in [-0.15, -0.1) is 0 Å². The fourth-order valence-electron chi connectivity index (χ4n) is 3.12. The van der Waals surface area contributed by atoms with Crippen LogP contribution in [0.25, 0.3) is 0 Å². The van der Waals surface area contributed by atoms with Gasteiger partial charge in [0.15, 0.2) is 0 Å². The number of nitrogens with zero attached hydrogens (tertiary/aromatic N) is 2. The van der Waals surface area contributed by atoms with E-state index in [2.05, 4.69) is 0 Å². The van der Waals surface area contributed by atoms with E-state index in [4.69, 9.17) is 5.73 Å². The van der Waals surface area contributed by atoms with Gasteiger partial charge in [-0.25, -0.2) is 0 Å². The van der Waals surface area contributed by atoms with E-state index in [-0.39, 0.29) is 24.4 Å². The zero-order valence-electron chi connectivity index (χ0n) is 11.4. The Balaban J connectivity index is 1.80. The molecular formula is C15H19N3O2. The fourth-order valence-corrected chi connectivity index (χ4v) is 3.12. The van der Waals surface area contributed by atoms with Gasteiger partial charge in [-0.3, -0.25) is 9.59 Å². The molecule has 0 saturated carbocycles. The summed E-state index contributed by atoms with van der Waals surface area (Å²) in [4.78, 5) is 27.9. The standard InChI is InChI=1S/C15H19N3O2/c16-8-11-4-1-2-5-12(11)9-17-10-14(19)18-7-3-6-13(18)15(17)20/h1-2,4-5,13H,3,6-10,16H2. The van der Waals surface area contributed by atoms with Crippen LogP contribution in [0.2, 0.25) is 0 Å². The summed E-state index contributed by atoms with van der Waals surface area (Å²) in [7, 11) is 0. The number of piperazine rings is 1. The Labute approximate surface area is 118 Å². The van der Waals surface area contributed by atoms with E-state index >= 15 is 0 Å². The summed E-state index contributed by atoms with van der Waals surface area (Å²) in [6.45, 7) is 1.83. The minimum absolute atomic E-state index is 0.0670. The van der Waals surface area contributed by atoms with Crippen LogP contribution in [0.1, 0.15) is 24.0 Å². The first-order valence-corrected chi connectivity index (χ1v) is 7.06. The van der Waals surface area contributed by atoms with Gasteiger partial charge in [-0.05, 0) is 24.0 Å². The van der Waals surface area contributed by atoms with Crippen LogP contribution in [0.15, 0.2) is 24.3 Å². The van der Waals surface area contributed by atoms with E-state index in [1.54, 1.807) is 9.80 Å². The van der Waals surface area contributed by atoms with E-state index in [1.807, 2.05) is 24.3 Å². The maximum absolute atomic E-state index is 12.5. The molecule has 2 aliphatic rings. The van der Waals surface area contributed by atoms with Gasteiger partial charge in [0.1, 0.15) is 12.6 Å². The number of carbonyl (C=O) groups is 2. The average molecular weight is 273 g/mol. The van der Waals surface area contributed by atoms with Crippen LogP contribution in [0.5, 0.6) is 0 Å². The number of fused-ring (bicyclic) bond motifs is 1. The normalized spacial score (nSPS) is 22.4. The molecule has 1 aromatic rings. The zero-order chi connectivity index (χ0) is 14.1. The maximum Gasteiger partial charge on any atom is 0.246 e. The van der Waals surface area contributed by atoms with Crippen LogP contribution in [-0.4, -0.2) is 40.7 Å². The molecule has 2 heterocycles. The van der Waals surface area contributed by atoms with Crippen molar-refractivity contribution in [3.05, 3.63) is 35.4 Å². The predicted molar refractivity (Wildman–Crippen MR) is 74.5 cm³/mol. The SMILES string of the molecule is NCc1ccccc1CN1CC(=O)N2CCCC2C1=O. The molecule has 1 aromatic carbocycles. The molecular weight excluding hydrogens is 254 g/mol. The molecule has 3 rings (SSSR count). The third-order valence-corrected chi connectivity index (χ3v) is 4.20. The van der Waals surface area contributed by atoms with Crippen molar-refractivity contribution in [2.45, 2.75) is 32.0 Å². The van der Waals surface area contributed by atoms with Crippen LogP contribution < -0.4 is 5.73 Å². The lowest BCUT2D eigenvalue weighted by Gasteiger charge is -2.36. The van der Waals surface area contributed by atoms with Crippen molar-refractivity contribution in [2.24, 2.45) is 5.73 Å². The first-order valence-electron chi connectivity index (χ1n) is 7.06. The highest BCUT2D eigenvalue weighted by atomic mass is 16.2. The molecule has 2 saturated heterocycles. The zero-order valence-corrected chi connectivity index (χ0v) is 11.4. The van der Waals surface area contributed by atoms with E-state index in [1.165, 1.54) is 0 Å². The van der Waals surface area contributed by atoms with Gasteiger partial charge in [0.25, 0.3) is 0 Å². The van der Waals surface area contributed by atoms with Crippen molar-refractivity contribution in [3.63, 3.8) is 0 Å². The Morgan fingerprint density at radius 3 is 2.70 bits per heavy atom. The van der Waals surface area contributed by atoms with Gasteiger partial charge in [-0.2, -0.15) is 0 Å². The first kappa shape index (κ1) is 13.1. The Morgan fingerprint density at radius 1 is 1.20 bits per heavy atom. The second kappa shape index (κ2) is 5.25. The van der Waals surface area contributed by atoms with Gasteiger partial charge < -0.3 is 15.5 Å². The quantitative estimate of drug-likeness (QED) is 0.871. The molecule has 2 N–H and O–H groups in total. The number of amides is 2. The Hall–Kier alpha value is -1.88. The van der Waals surface area contributed by atoms with Crippen molar-refractivity contribution in [1.29, 1.82) is 0 Å². The Kier molecular flexibility index (Phi) is 3.44. The fraction of sp³-hybridized carbons (Fsp3) is 0.467. The van der Waals surface area contributed by atoms with Crippen molar-refractivity contribution >= 4 is 11.8 Å². The summed E-state index contributed by atoms with van der Waals surface area (Å²) in [6, 6.07) is 7.58. The highest BCUT2D eigenvalue weighted by molar-refractivity contribution is 5.95. The number of carbonyl (C=O) groups excluding carboxylic acids is 2. The summed E-state index contributed by atoms with van der Waals surface area (Å²) in [5.74, 6) is 0.145. The van der Waals surface area contributed by atoms with Crippen LogP contribution >= 0.6 is 0 Å². The molecule has 0 aliphatic carbocycles. The monoisotopic (exact) mass is 273 g/mol. The number of benzene rings is 1. The molecule has 1 atom stereocenters. The molecule has 5 nitrogen and oxygen atoms in total. The summed E-state index contributed by atoms with van der Waals surface area (Å²) in [6.07, 6.45) is 1.72. The number of rotatable bonds is 3. The number of nitrogens with two attached hydrogens (primary N) is 1. The lowest BCUT2D eigenvalue weighted by atomic mass is 10.1. The highest BCUT2D eigenvalue weighted by Crippen LogP contribution is 2.25. The first-order chi connectivity index (χ1) is 9.70. The third kappa shape index (κ3) is 2.18. The molecule has 0 bridgehead atoms. The molecule has 0 spiro atoms. The molecule has 0 radical (unpaired) electrons. The second-order valence-corrected chi connectivity index (χ2v) is 5.41. The number of hydrogen-bond acceptors (Lipinski definition) is 3. The molecule has 106 valence electrons. The summed E-state index contributed by atoms with van der Waals surface area (Å²) in [5, 5.41) is 0. The Morgan fingerprint density at radius 2 is 1.95 bits per heavy atom. The van der Waals surface area contributed by atoms with E-state index in [0.29, 0.717) is 13.1 Å². The van der Waals surface area contributed by atoms with Crippen molar-refractivity contribution in [1.82, 2.24) is 9.80 Å². The van der Waals surface area contributed by atoms with E-state index < -0.39 is 0 Å². The molecule has 20 heavy (non-hydrogen) atoms. The maximum atomic E-state index is 12.5. The predicted octanol–water partition coefficient (Wildman–Crippen LogP) is 0.478. The van der Waals surface area contributed by atoms with Gasteiger partial charge >= 0.3 is 0 Å². The second-order valence-electron chi connectivity index (χ2n) is 5.41. The van der Waals surface area contributed by atoms with E-state index in [0.717, 1.165) is 30.5 Å². The lowest BCUT2D eigenvalue weighted by molar-refractivity contribution is -0.154. The van der Waals surface area contributed by atoms with Gasteiger partial charge in [0, 0.05) is 19.6 Å². The molecule has 2 amide bonds. The van der Waals surface area contributed by atoms with Crippen molar-refractivity contribution in [2.75, 3.05) is 13.1 Å². The van der Waals surface area contributed by atoms with E-state index in [9.17, 15) is 9.59 Å². The molecule has 1 unspecified atom stereocenters. The topological polar surface area (TPSA) is 66.6 Å². The number of hydrogen-bond donors (Lipinski definition) is 1. The molecule has 2 fully saturated rings. The smallest absolute Gasteiger partial charge is 0.246 e. The molecule has 2 aliphatic heterocycles. The van der Waals surface area contributed by atoms with Crippen LogP contribution in [-0.2, 0) is 22.7 Å². The van der Waals surface area contributed by atoms with Gasteiger partial charge in [0.2, 0.25) is 11.8 Å². The van der Waals surface area contributed by atoms with Crippen molar-refractivity contribution in [3.8, 4) is 0 Å². The Bertz CT molecular complexity index is 544. The largest absolute Gasteiger partial charge is 0.329 e. The summed E-state index contributed by atoms with van der Waals surface area (Å²) < 4.78 is 0. The lowest BCUT2D eigenvalue weighted by Crippen LogP contribution is -2.56. The highest BCUT2D eigenvalue weighted by Gasteiger charge is 2.41. The minimum atomic E-state index is -0.235. The third-order valence-electron chi connectivity index (χ3n) is 4.20. The van der Waals surface area contributed by atoms with Crippen LogP contribution in [0.3, 0.4) is 0 Å². The molecule has 5 heteroatoms. The van der Waals surface area contributed by atoms with Crippen LogP contribution in [0.4, 0.5) is 0 Å². The van der Waals surface area contributed by atoms with Crippen LogP contribution in [0, 0.1) is 0 Å². The summed E-state index contributed by atoms with van der Waals surface area (Å²) >= 11 is 0. The summed E-state index contributed by atoms with van der Waals surface area (Å²) in [5.41, 5.74) is 7.78. The minimum Gasteiger partial charge on any atom is -0.329 e.